The van der Waals surface area contributed by atoms with Crippen molar-refractivity contribution in [3.63, 3.8) is 0 Å². The van der Waals surface area contributed by atoms with Crippen LogP contribution in [-0.2, 0) is 0 Å². The lowest BCUT2D eigenvalue weighted by atomic mass is 10.0. The maximum atomic E-state index is 9.05. The predicted octanol–water partition coefficient (Wildman–Crippen LogP) is 3.39. The van der Waals surface area contributed by atoms with Gasteiger partial charge in [0.15, 0.2) is 0 Å². The molecular formula is C16H17N3OS. The normalized spacial score (nSPS) is 11.7. The number of hydrogen-bond donors (Lipinski definition) is 1. The van der Waals surface area contributed by atoms with E-state index in [-0.39, 0.29) is 5.25 Å². The van der Waals surface area contributed by atoms with Gasteiger partial charge in [0.25, 0.3) is 0 Å². The Morgan fingerprint density at radius 1 is 1.38 bits per heavy atom. The molecule has 1 heterocycles. The van der Waals surface area contributed by atoms with Crippen LogP contribution in [0.2, 0.25) is 0 Å². The zero-order valence-electron chi connectivity index (χ0n) is 12.0. The molecule has 2 aromatic rings. The number of rotatable bonds is 5. The molecule has 5 heteroatoms. The van der Waals surface area contributed by atoms with E-state index in [1.807, 2.05) is 30.3 Å². The maximum absolute atomic E-state index is 9.05. The summed E-state index contributed by atoms with van der Waals surface area (Å²) < 4.78 is 5.19. The fraction of sp³-hybridized carbons (Fsp3) is 0.250. The molecule has 0 aliphatic heterocycles. The molecule has 2 N–H and O–H groups in total. The Hall–Kier alpha value is -2.19. The summed E-state index contributed by atoms with van der Waals surface area (Å²) in [4.78, 5) is 4.13. The highest BCUT2D eigenvalue weighted by Crippen LogP contribution is 2.38. The molecule has 108 valence electrons. The quantitative estimate of drug-likeness (QED) is 0.916. The highest BCUT2D eigenvalue weighted by Gasteiger charge is 2.18. The minimum Gasteiger partial charge on any atom is -0.497 e. The van der Waals surface area contributed by atoms with Crippen LogP contribution in [0.3, 0.4) is 0 Å². The van der Waals surface area contributed by atoms with Crippen molar-refractivity contribution in [3.8, 4) is 11.8 Å². The van der Waals surface area contributed by atoms with Gasteiger partial charge in [-0.05, 0) is 29.5 Å². The van der Waals surface area contributed by atoms with E-state index in [1.54, 1.807) is 18.9 Å². The van der Waals surface area contributed by atoms with Gasteiger partial charge in [-0.2, -0.15) is 5.26 Å². The molecule has 0 amide bonds. The minimum absolute atomic E-state index is 0.0571. The third-order valence-electron chi connectivity index (χ3n) is 3.11. The van der Waals surface area contributed by atoms with Crippen LogP contribution in [0.5, 0.6) is 5.75 Å². The first-order valence-electron chi connectivity index (χ1n) is 6.60. The van der Waals surface area contributed by atoms with E-state index in [4.69, 9.17) is 15.7 Å². The van der Waals surface area contributed by atoms with E-state index in [0.717, 1.165) is 22.6 Å². The minimum atomic E-state index is 0.0571. The molecule has 4 nitrogen and oxygen atoms in total. The monoisotopic (exact) mass is 299 g/mol. The van der Waals surface area contributed by atoms with Gasteiger partial charge < -0.3 is 10.5 Å². The lowest BCUT2D eigenvalue weighted by Gasteiger charge is -2.18. The Morgan fingerprint density at radius 2 is 2.10 bits per heavy atom. The summed E-state index contributed by atoms with van der Waals surface area (Å²) >= 11 is 1.76. The standard InChI is InChI=1S/C16H17N3OS/c1-3-21-15(12-4-6-13(20-2)7-5-12)14-8-11(9-17)10-19-16(14)18/h4-8,10,15H,3H2,1-2H3,(H2,18,19). The molecule has 0 aliphatic carbocycles. The fourth-order valence-electron chi connectivity index (χ4n) is 2.07. The zero-order valence-corrected chi connectivity index (χ0v) is 12.9. The van der Waals surface area contributed by atoms with E-state index < -0.39 is 0 Å². The number of pyridine rings is 1. The maximum Gasteiger partial charge on any atom is 0.128 e. The number of aromatic nitrogens is 1. The van der Waals surface area contributed by atoms with Crippen molar-refractivity contribution in [1.82, 2.24) is 4.98 Å². The lowest BCUT2D eigenvalue weighted by molar-refractivity contribution is 0.414. The van der Waals surface area contributed by atoms with Gasteiger partial charge in [0.05, 0.1) is 17.9 Å². The molecule has 1 aromatic carbocycles. The Labute approximate surface area is 129 Å². The molecule has 1 aromatic heterocycles. The van der Waals surface area contributed by atoms with E-state index in [0.29, 0.717) is 11.4 Å². The zero-order chi connectivity index (χ0) is 15.2. The number of hydrogen-bond acceptors (Lipinski definition) is 5. The molecule has 0 saturated heterocycles. The Morgan fingerprint density at radius 3 is 2.67 bits per heavy atom. The van der Waals surface area contributed by atoms with E-state index >= 15 is 0 Å². The number of nitrogen functional groups attached to an aromatic ring is 1. The average Bonchev–Trinajstić information content (AvgIpc) is 2.53. The second-order valence-corrected chi connectivity index (χ2v) is 5.80. The molecule has 0 radical (unpaired) electrons. The molecule has 0 fully saturated rings. The number of nitrogens with two attached hydrogens (primary N) is 1. The first-order chi connectivity index (χ1) is 10.2. The summed E-state index contributed by atoms with van der Waals surface area (Å²) in [5.41, 5.74) is 8.53. The number of ether oxygens (including phenoxy) is 1. The van der Waals surface area contributed by atoms with Crippen LogP contribution in [0.4, 0.5) is 5.82 Å². The number of thioether (sulfide) groups is 1. The Bertz CT molecular complexity index is 650. The van der Waals surface area contributed by atoms with E-state index in [2.05, 4.69) is 18.0 Å². The number of anilines is 1. The van der Waals surface area contributed by atoms with Crippen LogP contribution >= 0.6 is 11.8 Å². The van der Waals surface area contributed by atoms with Crippen LogP contribution in [0, 0.1) is 11.3 Å². The van der Waals surface area contributed by atoms with Crippen molar-refractivity contribution in [2.24, 2.45) is 0 Å². The summed E-state index contributed by atoms with van der Waals surface area (Å²) in [6.45, 7) is 2.10. The molecule has 1 unspecified atom stereocenters. The summed E-state index contributed by atoms with van der Waals surface area (Å²) in [5.74, 6) is 2.22. The summed E-state index contributed by atoms with van der Waals surface area (Å²) in [6, 6.07) is 11.8. The predicted molar refractivity (Wildman–Crippen MR) is 86.3 cm³/mol. The number of benzene rings is 1. The van der Waals surface area contributed by atoms with Crippen LogP contribution in [-0.4, -0.2) is 17.8 Å². The van der Waals surface area contributed by atoms with Gasteiger partial charge in [-0.15, -0.1) is 11.8 Å². The van der Waals surface area contributed by atoms with Crippen molar-refractivity contribution >= 4 is 17.6 Å². The first kappa shape index (κ1) is 15.2. The topological polar surface area (TPSA) is 71.9 Å². The second kappa shape index (κ2) is 7.00. The molecule has 0 saturated carbocycles. The summed E-state index contributed by atoms with van der Waals surface area (Å²) in [7, 11) is 1.64. The van der Waals surface area contributed by atoms with Crippen LogP contribution in [0.25, 0.3) is 0 Å². The highest BCUT2D eigenvalue weighted by molar-refractivity contribution is 7.99. The van der Waals surface area contributed by atoms with Gasteiger partial charge in [-0.3, -0.25) is 0 Å². The summed E-state index contributed by atoms with van der Waals surface area (Å²) in [5, 5.41) is 9.11. The molecule has 0 spiro atoms. The van der Waals surface area contributed by atoms with Crippen molar-refractivity contribution in [3.05, 3.63) is 53.2 Å². The molecule has 21 heavy (non-hydrogen) atoms. The third-order valence-corrected chi connectivity index (χ3v) is 4.31. The first-order valence-corrected chi connectivity index (χ1v) is 7.65. The number of methoxy groups -OCH3 is 1. The van der Waals surface area contributed by atoms with Crippen molar-refractivity contribution in [1.29, 1.82) is 5.26 Å². The highest BCUT2D eigenvalue weighted by atomic mass is 32.2. The van der Waals surface area contributed by atoms with E-state index in [9.17, 15) is 0 Å². The second-order valence-electron chi connectivity index (χ2n) is 4.42. The van der Waals surface area contributed by atoms with Crippen molar-refractivity contribution in [2.75, 3.05) is 18.6 Å². The number of nitriles is 1. The third kappa shape index (κ3) is 3.47. The molecule has 1 atom stereocenters. The van der Waals surface area contributed by atoms with Gasteiger partial charge in [0.2, 0.25) is 0 Å². The number of nitrogens with zero attached hydrogens (tertiary/aromatic N) is 2. The SMILES string of the molecule is CCSC(c1ccc(OC)cc1)c1cc(C#N)cnc1N. The van der Waals surface area contributed by atoms with Gasteiger partial charge in [0.1, 0.15) is 17.6 Å². The largest absolute Gasteiger partial charge is 0.497 e. The molecule has 0 bridgehead atoms. The molecular weight excluding hydrogens is 282 g/mol. The van der Waals surface area contributed by atoms with Crippen LogP contribution in [0.15, 0.2) is 36.5 Å². The fourth-order valence-corrected chi connectivity index (χ4v) is 3.13. The smallest absolute Gasteiger partial charge is 0.128 e. The van der Waals surface area contributed by atoms with Gasteiger partial charge in [-0.25, -0.2) is 4.98 Å². The summed E-state index contributed by atoms with van der Waals surface area (Å²) in [6.07, 6.45) is 1.50. The molecule has 2 rings (SSSR count). The molecule has 0 aliphatic rings. The van der Waals surface area contributed by atoms with Crippen LogP contribution in [0.1, 0.15) is 28.9 Å². The Balaban J connectivity index is 2.45. The van der Waals surface area contributed by atoms with Gasteiger partial charge in [-0.1, -0.05) is 19.1 Å². The van der Waals surface area contributed by atoms with E-state index in [1.165, 1.54) is 6.20 Å². The lowest BCUT2D eigenvalue weighted by Crippen LogP contribution is -2.05. The Kier molecular flexibility index (Phi) is 5.07. The van der Waals surface area contributed by atoms with Gasteiger partial charge in [0, 0.05) is 11.8 Å². The van der Waals surface area contributed by atoms with Gasteiger partial charge >= 0.3 is 0 Å². The van der Waals surface area contributed by atoms with Crippen LogP contribution < -0.4 is 10.5 Å². The van der Waals surface area contributed by atoms with Crippen molar-refractivity contribution in [2.45, 2.75) is 12.2 Å². The average molecular weight is 299 g/mol. The van der Waals surface area contributed by atoms with Crippen molar-refractivity contribution < 1.29 is 4.74 Å².